The molecule has 0 saturated carbocycles. The molecule has 0 unspecified atom stereocenters. The number of aromatic nitrogens is 2. The van der Waals surface area contributed by atoms with E-state index in [1.165, 1.54) is 31.6 Å². The van der Waals surface area contributed by atoms with Crippen LogP contribution in [0, 0.1) is 18.6 Å². The predicted molar refractivity (Wildman–Crippen MR) is 83.4 cm³/mol. The predicted octanol–water partition coefficient (Wildman–Crippen LogP) is 2.81. The van der Waals surface area contributed by atoms with Gasteiger partial charge in [-0.15, -0.1) is 0 Å². The maximum atomic E-state index is 13.8. The molecule has 1 heterocycles. The number of rotatable bonds is 5. The Hall–Kier alpha value is -2.61. The van der Waals surface area contributed by atoms with Crippen molar-refractivity contribution in [3.8, 4) is 6.01 Å². The molecule has 2 N–H and O–H groups in total. The highest BCUT2D eigenvalue weighted by Gasteiger charge is 2.09. The minimum Gasteiger partial charge on any atom is -0.457 e. The summed E-state index contributed by atoms with van der Waals surface area (Å²) in [7, 11) is 0. The lowest BCUT2D eigenvalue weighted by Gasteiger charge is -2.04. The summed E-state index contributed by atoms with van der Waals surface area (Å²) < 4.78 is 32.2. The largest absolute Gasteiger partial charge is 0.457 e. The number of nitrogens with zero attached hydrogens (tertiary/aromatic N) is 4. The number of nitrogens with two attached hydrogens (primary N) is 1. The van der Waals surface area contributed by atoms with E-state index in [-0.39, 0.29) is 29.6 Å². The van der Waals surface area contributed by atoms with Gasteiger partial charge in [-0.1, -0.05) is 11.6 Å². The van der Waals surface area contributed by atoms with Crippen LogP contribution in [-0.4, -0.2) is 28.5 Å². The van der Waals surface area contributed by atoms with E-state index in [0.29, 0.717) is 5.02 Å². The SMILES string of the molecule is Cc1c(F)ccc(N=CC(COc2ncc(Cl)cn2)=NN)c1F. The summed E-state index contributed by atoms with van der Waals surface area (Å²) in [5, 5.41) is 3.84. The van der Waals surface area contributed by atoms with Gasteiger partial charge < -0.3 is 10.6 Å². The minimum absolute atomic E-state index is 0.0345. The second-order valence-electron chi connectivity index (χ2n) is 4.36. The molecule has 0 aliphatic carbocycles. The maximum Gasteiger partial charge on any atom is 0.316 e. The van der Waals surface area contributed by atoms with Crippen molar-refractivity contribution in [3.05, 3.63) is 46.7 Å². The molecule has 0 radical (unpaired) electrons. The average molecular weight is 340 g/mol. The van der Waals surface area contributed by atoms with Crippen LogP contribution in [0.4, 0.5) is 14.5 Å². The Labute approximate surface area is 135 Å². The molecule has 9 heteroatoms. The van der Waals surface area contributed by atoms with Gasteiger partial charge in [-0.25, -0.2) is 18.7 Å². The monoisotopic (exact) mass is 339 g/mol. The van der Waals surface area contributed by atoms with Gasteiger partial charge in [-0.3, -0.25) is 4.99 Å². The molecule has 0 aliphatic heterocycles. The zero-order chi connectivity index (χ0) is 16.8. The van der Waals surface area contributed by atoms with Crippen molar-refractivity contribution in [2.24, 2.45) is 15.9 Å². The molecule has 2 aromatic rings. The van der Waals surface area contributed by atoms with Crippen molar-refractivity contribution in [2.75, 3.05) is 6.61 Å². The van der Waals surface area contributed by atoms with E-state index in [1.807, 2.05) is 0 Å². The normalized spacial score (nSPS) is 11.9. The number of ether oxygens (including phenoxy) is 1. The lowest BCUT2D eigenvalue weighted by molar-refractivity contribution is 0.346. The summed E-state index contributed by atoms with van der Waals surface area (Å²) in [6.45, 7) is 1.24. The molecule has 0 atom stereocenters. The molecule has 23 heavy (non-hydrogen) atoms. The van der Waals surface area contributed by atoms with E-state index in [0.717, 1.165) is 6.07 Å². The molecule has 2 rings (SSSR count). The van der Waals surface area contributed by atoms with Gasteiger partial charge >= 0.3 is 6.01 Å². The number of benzene rings is 1. The third-order valence-corrected chi connectivity index (χ3v) is 2.96. The van der Waals surface area contributed by atoms with E-state index < -0.39 is 11.6 Å². The van der Waals surface area contributed by atoms with Gasteiger partial charge in [0.15, 0.2) is 5.82 Å². The summed E-state index contributed by atoms with van der Waals surface area (Å²) in [4.78, 5) is 11.5. The molecule has 0 amide bonds. The fraction of sp³-hybridized carbons (Fsp3) is 0.143. The summed E-state index contributed by atoms with van der Waals surface area (Å²) in [6.07, 6.45) is 3.95. The molecule has 120 valence electrons. The second kappa shape index (κ2) is 7.59. The van der Waals surface area contributed by atoms with E-state index in [4.69, 9.17) is 22.2 Å². The highest BCUT2D eigenvalue weighted by atomic mass is 35.5. The van der Waals surface area contributed by atoms with Crippen LogP contribution >= 0.6 is 11.6 Å². The fourth-order valence-corrected chi connectivity index (χ4v) is 1.61. The maximum absolute atomic E-state index is 13.8. The van der Waals surface area contributed by atoms with Crippen LogP contribution in [0.5, 0.6) is 6.01 Å². The summed E-state index contributed by atoms with van der Waals surface area (Å²) in [5.74, 6) is 3.83. The zero-order valence-corrected chi connectivity index (χ0v) is 12.8. The molecule has 6 nitrogen and oxygen atoms in total. The first-order valence-electron chi connectivity index (χ1n) is 6.37. The van der Waals surface area contributed by atoms with Crippen molar-refractivity contribution >= 4 is 29.2 Å². The van der Waals surface area contributed by atoms with Gasteiger partial charge in [0.25, 0.3) is 0 Å². The molecule has 1 aromatic carbocycles. The Morgan fingerprint density at radius 1 is 1.35 bits per heavy atom. The Morgan fingerprint density at radius 3 is 2.70 bits per heavy atom. The molecule has 0 aliphatic rings. The smallest absolute Gasteiger partial charge is 0.316 e. The molecule has 0 spiro atoms. The first kappa shape index (κ1) is 16.8. The van der Waals surface area contributed by atoms with E-state index >= 15 is 0 Å². The van der Waals surface area contributed by atoms with Gasteiger partial charge in [0.1, 0.15) is 18.1 Å². The van der Waals surface area contributed by atoms with Crippen molar-refractivity contribution in [3.63, 3.8) is 0 Å². The Morgan fingerprint density at radius 2 is 2.04 bits per heavy atom. The van der Waals surface area contributed by atoms with Crippen molar-refractivity contribution in [1.29, 1.82) is 0 Å². The van der Waals surface area contributed by atoms with E-state index in [9.17, 15) is 8.78 Å². The first-order valence-corrected chi connectivity index (χ1v) is 6.75. The van der Waals surface area contributed by atoms with Crippen LogP contribution < -0.4 is 10.6 Å². The Bertz CT molecular complexity index is 750. The van der Waals surface area contributed by atoms with Crippen LogP contribution in [0.15, 0.2) is 34.6 Å². The summed E-state index contributed by atoms with van der Waals surface area (Å²) >= 11 is 5.65. The Kier molecular flexibility index (Phi) is 5.53. The minimum atomic E-state index is -0.750. The summed E-state index contributed by atoms with van der Waals surface area (Å²) in [6, 6.07) is 2.42. The molecular formula is C14H12ClF2N5O. The molecule has 0 saturated heterocycles. The van der Waals surface area contributed by atoms with Crippen LogP contribution in [0.25, 0.3) is 0 Å². The summed E-state index contributed by atoms with van der Waals surface area (Å²) in [5.41, 5.74) is 0.0643. The van der Waals surface area contributed by atoms with Crippen LogP contribution in [0.2, 0.25) is 5.02 Å². The number of hydrogen-bond donors (Lipinski definition) is 1. The fourth-order valence-electron chi connectivity index (χ4n) is 1.51. The van der Waals surface area contributed by atoms with Gasteiger partial charge in [-0.2, -0.15) is 5.10 Å². The Balaban J connectivity index is 2.05. The van der Waals surface area contributed by atoms with Gasteiger partial charge in [0, 0.05) is 5.56 Å². The lowest BCUT2D eigenvalue weighted by atomic mass is 10.2. The molecular weight excluding hydrogens is 328 g/mol. The zero-order valence-electron chi connectivity index (χ0n) is 12.0. The highest BCUT2D eigenvalue weighted by molar-refractivity contribution is 6.31. The first-order chi connectivity index (χ1) is 11.0. The molecule has 0 bridgehead atoms. The third kappa shape index (κ3) is 4.43. The van der Waals surface area contributed by atoms with Crippen molar-refractivity contribution < 1.29 is 13.5 Å². The number of halogens is 3. The van der Waals surface area contributed by atoms with Crippen molar-refractivity contribution in [2.45, 2.75) is 6.92 Å². The van der Waals surface area contributed by atoms with Gasteiger partial charge in [0.2, 0.25) is 0 Å². The van der Waals surface area contributed by atoms with E-state index in [2.05, 4.69) is 20.1 Å². The lowest BCUT2D eigenvalue weighted by Crippen LogP contribution is -2.16. The van der Waals surface area contributed by atoms with Gasteiger partial charge in [0.05, 0.1) is 29.3 Å². The number of hydrogen-bond acceptors (Lipinski definition) is 6. The standard InChI is InChI=1S/C14H12ClF2N5O/c1-8-11(16)2-3-12(13(8)17)19-6-10(22-18)7-23-14-20-4-9(15)5-21-14/h2-6H,7,18H2,1H3. The molecule has 0 fully saturated rings. The second-order valence-corrected chi connectivity index (χ2v) is 4.79. The average Bonchev–Trinajstić information content (AvgIpc) is 2.56. The van der Waals surface area contributed by atoms with E-state index in [1.54, 1.807) is 0 Å². The van der Waals surface area contributed by atoms with Crippen LogP contribution in [-0.2, 0) is 0 Å². The topological polar surface area (TPSA) is 85.8 Å². The van der Waals surface area contributed by atoms with Crippen molar-refractivity contribution in [1.82, 2.24) is 9.97 Å². The number of hydrazone groups is 1. The van der Waals surface area contributed by atoms with Gasteiger partial charge in [-0.05, 0) is 19.1 Å². The molecule has 1 aromatic heterocycles. The number of aliphatic imine (C=N–C) groups is 1. The third-order valence-electron chi connectivity index (χ3n) is 2.76. The van der Waals surface area contributed by atoms with Crippen LogP contribution in [0.3, 0.4) is 0 Å². The highest BCUT2D eigenvalue weighted by Crippen LogP contribution is 2.22. The quantitative estimate of drug-likeness (QED) is 0.515. The van der Waals surface area contributed by atoms with Crippen LogP contribution in [0.1, 0.15) is 5.56 Å².